The molecule has 1 aliphatic rings. The molecule has 6 nitrogen and oxygen atoms in total. The Hall–Kier alpha value is -2.60. The molecule has 138 valence electrons. The number of benzene rings is 1. The van der Waals surface area contributed by atoms with Crippen molar-refractivity contribution in [3.63, 3.8) is 0 Å². The van der Waals surface area contributed by atoms with E-state index < -0.39 is 18.1 Å². The number of likely N-dealkylation sites (N-methyl/N-ethyl adjacent to an activating group) is 1. The number of carbonyl (C=O) groups excluding carboxylic acids is 2. The van der Waals surface area contributed by atoms with Gasteiger partial charge < -0.3 is 14.1 Å². The number of carbonyl (C=O) groups is 2. The third-order valence-corrected chi connectivity index (χ3v) is 4.53. The summed E-state index contributed by atoms with van der Waals surface area (Å²) in [5, 5.41) is 3.31. The Labute approximate surface area is 153 Å². The van der Waals surface area contributed by atoms with Crippen LogP contribution in [0.3, 0.4) is 0 Å². The van der Waals surface area contributed by atoms with E-state index in [4.69, 9.17) is 9.15 Å². The van der Waals surface area contributed by atoms with E-state index in [0.29, 0.717) is 11.3 Å². The largest absolute Gasteiger partial charge is 0.465 e. The molecular weight excluding hydrogens is 332 g/mol. The molecule has 1 aromatic heterocycles. The summed E-state index contributed by atoms with van der Waals surface area (Å²) in [6.07, 6.45) is 0.483. The van der Waals surface area contributed by atoms with Crippen molar-refractivity contribution in [2.75, 3.05) is 7.05 Å². The predicted molar refractivity (Wildman–Crippen MR) is 96.2 cm³/mol. The number of esters is 1. The Morgan fingerprint density at radius 3 is 2.42 bits per heavy atom. The first-order chi connectivity index (χ1) is 12.3. The van der Waals surface area contributed by atoms with Gasteiger partial charge in [0, 0.05) is 7.05 Å². The van der Waals surface area contributed by atoms with Crippen molar-refractivity contribution >= 4 is 11.9 Å². The first-order valence-corrected chi connectivity index (χ1v) is 8.61. The quantitative estimate of drug-likeness (QED) is 0.853. The summed E-state index contributed by atoms with van der Waals surface area (Å²) in [5.41, 5.74) is 0.256. The minimum Gasteiger partial charge on any atom is -0.465 e. The number of nitrogens with one attached hydrogen (secondary N) is 1. The fourth-order valence-electron chi connectivity index (χ4n) is 3.25. The van der Waals surface area contributed by atoms with Gasteiger partial charge in [0.25, 0.3) is 0 Å². The molecule has 2 heterocycles. The summed E-state index contributed by atoms with van der Waals surface area (Å²) in [5.74, 6) is -0.196. The summed E-state index contributed by atoms with van der Waals surface area (Å²) >= 11 is 0. The first kappa shape index (κ1) is 18.2. The van der Waals surface area contributed by atoms with Crippen LogP contribution in [-0.2, 0) is 9.53 Å². The van der Waals surface area contributed by atoms with Gasteiger partial charge in [-0.2, -0.15) is 0 Å². The smallest absolute Gasteiger partial charge is 0.338 e. The van der Waals surface area contributed by atoms with Crippen molar-refractivity contribution in [1.29, 1.82) is 0 Å². The predicted octanol–water partition coefficient (Wildman–Crippen LogP) is 2.98. The zero-order valence-electron chi connectivity index (χ0n) is 15.4. The van der Waals surface area contributed by atoms with Crippen LogP contribution in [0.5, 0.6) is 0 Å². The van der Waals surface area contributed by atoms with Crippen LogP contribution >= 0.6 is 0 Å². The lowest BCUT2D eigenvalue weighted by atomic mass is 9.92. The number of furan rings is 1. The zero-order chi connectivity index (χ0) is 18.9. The zero-order valence-corrected chi connectivity index (χ0v) is 15.4. The van der Waals surface area contributed by atoms with E-state index in [1.54, 1.807) is 48.3 Å². The van der Waals surface area contributed by atoms with Crippen LogP contribution in [0.25, 0.3) is 0 Å². The molecule has 6 heteroatoms. The van der Waals surface area contributed by atoms with Gasteiger partial charge in [0.1, 0.15) is 11.8 Å². The summed E-state index contributed by atoms with van der Waals surface area (Å²) < 4.78 is 11.2. The lowest BCUT2D eigenvalue weighted by molar-refractivity contribution is -0.132. The van der Waals surface area contributed by atoms with Crippen molar-refractivity contribution in [3.8, 4) is 0 Å². The van der Waals surface area contributed by atoms with Crippen LogP contribution < -0.4 is 5.32 Å². The lowest BCUT2D eigenvalue weighted by Crippen LogP contribution is -2.46. The summed E-state index contributed by atoms with van der Waals surface area (Å²) in [6, 6.07) is 11.4. The third-order valence-electron chi connectivity index (χ3n) is 4.53. The molecule has 0 spiro atoms. The first-order valence-electron chi connectivity index (χ1n) is 8.61. The Balaban J connectivity index is 1.88. The van der Waals surface area contributed by atoms with Crippen LogP contribution in [0.2, 0.25) is 0 Å². The minimum absolute atomic E-state index is 0.132. The van der Waals surface area contributed by atoms with Crippen molar-refractivity contribution in [3.05, 3.63) is 60.1 Å². The second-order valence-corrected chi connectivity index (χ2v) is 7.57. The maximum Gasteiger partial charge on any atom is 0.338 e. The van der Waals surface area contributed by atoms with Crippen molar-refractivity contribution in [2.24, 2.45) is 5.41 Å². The SMILES string of the molecule is CN1C(=O)C(C(OC(=O)c2ccccc2)c2ccco2)NC1C(C)(C)C. The van der Waals surface area contributed by atoms with Crippen LogP contribution in [-0.4, -0.2) is 36.0 Å². The molecule has 1 fully saturated rings. The second-order valence-electron chi connectivity index (χ2n) is 7.57. The number of hydrogen-bond acceptors (Lipinski definition) is 5. The summed E-state index contributed by atoms with van der Waals surface area (Å²) in [7, 11) is 1.75. The van der Waals surface area contributed by atoms with Crippen LogP contribution in [0.1, 0.15) is 43.0 Å². The second kappa shape index (κ2) is 6.96. The topological polar surface area (TPSA) is 71.8 Å². The van der Waals surface area contributed by atoms with Gasteiger partial charge >= 0.3 is 5.97 Å². The highest BCUT2D eigenvalue weighted by Gasteiger charge is 2.48. The van der Waals surface area contributed by atoms with E-state index in [1.165, 1.54) is 6.26 Å². The average molecular weight is 356 g/mol. The van der Waals surface area contributed by atoms with Gasteiger partial charge in [-0.05, 0) is 29.7 Å². The number of nitrogens with zero attached hydrogens (tertiary/aromatic N) is 1. The van der Waals surface area contributed by atoms with Crippen LogP contribution in [0, 0.1) is 5.41 Å². The van der Waals surface area contributed by atoms with E-state index in [-0.39, 0.29) is 17.5 Å². The average Bonchev–Trinajstić information content (AvgIpc) is 3.23. The molecule has 0 saturated carbocycles. The normalized spacial score (nSPS) is 21.7. The van der Waals surface area contributed by atoms with E-state index >= 15 is 0 Å². The molecule has 0 bridgehead atoms. The number of hydrogen-bond donors (Lipinski definition) is 1. The standard InChI is InChI=1S/C20H24N2O4/c1-20(2,3)19-21-15(17(23)22(19)4)16(14-11-8-12-25-14)26-18(24)13-9-6-5-7-10-13/h5-12,15-16,19,21H,1-4H3. The molecular formula is C20H24N2O4. The van der Waals surface area contributed by atoms with Gasteiger partial charge in [0.05, 0.1) is 18.0 Å². The Morgan fingerprint density at radius 2 is 1.88 bits per heavy atom. The van der Waals surface area contributed by atoms with Crippen LogP contribution in [0.4, 0.5) is 0 Å². The van der Waals surface area contributed by atoms with Gasteiger partial charge in [0.2, 0.25) is 5.91 Å². The molecule has 0 aliphatic carbocycles. The Morgan fingerprint density at radius 1 is 1.19 bits per heavy atom. The third kappa shape index (κ3) is 3.51. The van der Waals surface area contributed by atoms with E-state index in [0.717, 1.165) is 0 Å². The number of rotatable bonds is 4. The van der Waals surface area contributed by atoms with Crippen molar-refractivity contribution in [2.45, 2.75) is 39.1 Å². The molecule has 1 N–H and O–H groups in total. The fraction of sp³-hybridized carbons (Fsp3) is 0.400. The molecule has 3 unspecified atom stereocenters. The molecule has 2 aromatic rings. The highest BCUT2D eigenvalue weighted by molar-refractivity contribution is 5.90. The lowest BCUT2D eigenvalue weighted by Gasteiger charge is -2.32. The molecule has 1 amide bonds. The van der Waals surface area contributed by atoms with Gasteiger partial charge in [-0.15, -0.1) is 0 Å². The van der Waals surface area contributed by atoms with Gasteiger partial charge in [-0.1, -0.05) is 39.0 Å². The molecule has 26 heavy (non-hydrogen) atoms. The van der Waals surface area contributed by atoms with Crippen LogP contribution in [0.15, 0.2) is 53.1 Å². The fourth-order valence-corrected chi connectivity index (χ4v) is 3.25. The molecule has 1 aromatic carbocycles. The summed E-state index contributed by atoms with van der Waals surface area (Å²) in [4.78, 5) is 27.1. The number of amides is 1. The van der Waals surface area contributed by atoms with Crippen molar-refractivity contribution < 1.29 is 18.7 Å². The van der Waals surface area contributed by atoms with Crippen molar-refractivity contribution in [1.82, 2.24) is 10.2 Å². The monoisotopic (exact) mass is 356 g/mol. The van der Waals surface area contributed by atoms with E-state index in [2.05, 4.69) is 26.1 Å². The Bertz CT molecular complexity index is 765. The maximum absolute atomic E-state index is 12.8. The van der Waals surface area contributed by atoms with E-state index in [1.807, 2.05) is 6.07 Å². The molecule has 0 radical (unpaired) electrons. The molecule has 1 saturated heterocycles. The number of ether oxygens (including phenoxy) is 1. The van der Waals surface area contributed by atoms with Gasteiger partial charge in [0.15, 0.2) is 6.10 Å². The maximum atomic E-state index is 12.8. The molecule has 3 atom stereocenters. The molecule has 1 aliphatic heterocycles. The molecule has 3 rings (SSSR count). The highest BCUT2D eigenvalue weighted by Crippen LogP contribution is 2.33. The van der Waals surface area contributed by atoms with Gasteiger partial charge in [-0.25, -0.2) is 4.79 Å². The highest BCUT2D eigenvalue weighted by atomic mass is 16.6. The minimum atomic E-state index is -0.847. The van der Waals surface area contributed by atoms with E-state index in [9.17, 15) is 9.59 Å². The van der Waals surface area contributed by atoms with Gasteiger partial charge in [-0.3, -0.25) is 10.1 Å². The Kier molecular flexibility index (Phi) is 4.87. The summed E-state index contributed by atoms with van der Waals surface area (Å²) in [6.45, 7) is 6.15.